The zero-order chi connectivity index (χ0) is 13.1. The Morgan fingerprint density at radius 1 is 1.05 bits per heavy atom. The molecule has 3 rings (SSSR count). The smallest absolute Gasteiger partial charge is 0.142 e. The van der Waals surface area contributed by atoms with E-state index in [-0.39, 0.29) is 0 Å². The molecule has 0 spiro atoms. The largest absolute Gasteiger partial charge is 0.254 e. The van der Waals surface area contributed by atoms with Gasteiger partial charge in [0.1, 0.15) is 5.01 Å². The van der Waals surface area contributed by atoms with E-state index in [2.05, 4.69) is 16.0 Å². The molecule has 0 aliphatic carbocycles. The van der Waals surface area contributed by atoms with E-state index >= 15 is 0 Å². The molecule has 0 saturated carbocycles. The number of nitrogens with zero attached hydrogens (tertiary/aromatic N) is 3. The maximum Gasteiger partial charge on any atom is 0.142 e. The molecule has 0 bridgehead atoms. The van der Waals surface area contributed by atoms with Crippen molar-refractivity contribution < 1.29 is 0 Å². The number of pyridine rings is 1. The van der Waals surface area contributed by atoms with Crippen LogP contribution in [0, 0.1) is 11.3 Å². The van der Waals surface area contributed by atoms with Gasteiger partial charge >= 0.3 is 0 Å². The lowest BCUT2D eigenvalue weighted by Crippen LogP contribution is -1.83. The highest BCUT2D eigenvalue weighted by Crippen LogP contribution is 2.27. The molecule has 0 aliphatic rings. The Morgan fingerprint density at radius 3 is 2.79 bits per heavy atom. The van der Waals surface area contributed by atoms with Crippen molar-refractivity contribution in [1.82, 2.24) is 9.97 Å². The molecule has 0 radical (unpaired) electrons. The fourth-order valence-electron chi connectivity index (χ4n) is 1.76. The summed E-state index contributed by atoms with van der Waals surface area (Å²) in [5.41, 5.74) is 3.35. The molecule has 4 heteroatoms. The SMILES string of the molecule is N#Cc1cccc(-c2csc(-c3ccccn3)n2)c1. The van der Waals surface area contributed by atoms with Gasteiger partial charge in [0.2, 0.25) is 0 Å². The topological polar surface area (TPSA) is 49.6 Å². The van der Waals surface area contributed by atoms with Gasteiger partial charge in [-0.15, -0.1) is 11.3 Å². The van der Waals surface area contributed by atoms with Crippen molar-refractivity contribution in [3.05, 3.63) is 59.6 Å². The van der Waals surface area contributed by atoms with Crippen molar-refractivity contribution in [2.24, 2.45) is 0 Å². The van der Waals surface area contributed by atoms with Crippen LogP contribution in [0.5, 0.6) is 0 Å². The lowest BCUT2D eigenvalue weighted by atomic mass is 10.1. The van der Waals surface area contributed by atoms with E-state index in [9.17, 15) is 0 Å². The van der Waals surface area contributed by atoms with Crippen LogP contribution < -0.4 is 0 Å². The van der Waals surface area contributed by atoms with Gasteiger partial charge in [0, 0.05) is 17.1 Å². The lowest BCUT2D eigenvalue weighted by molar-refractivity contribution is 1.29. The predicted octanol–water partition coefficient (Wildman–Crippen LogP) is 3.74. The molecular weight excluding hydrogens is 254 g/mol. The third kappa shape index (κ3) is 2.37. The van der Waals surface area contributed by atoms with Crippen molar-refractivity contribution in [2.45, 2.75) is 0 Å². The maximum absolute atomic E-state index is 8.91. The van der Waals surface area contributed by atoms with Gasteiger partial charge in [0.25, 0.3) is 0 Å². The molecule has 0 unspecified atom stereocenters. The van der Waals surface area contributed by atoms with Crippen LogP contribution >= 0.6 is 11.3 Å². The summed E-state index contributed by atoms with van der Waals surface area (Å²) in [4.78, 5) is 8.86. The molecular formula is C15H9N3S. The van der Waals surface area contributed by atoms with Gasteiger partial charge in [-0.3, -0.25) is 4.98 Å². The molecule has 0 N–H and O–H groups in total. The average Bonchev–Trinajstić information content (AvgIpc) is 2.98. The van der Waals surface area contributed by atoms with Crippen LogP contribution in [0.3, 0.4) is 0 Å². The summed E-state index contributed by atoms with van der Waals surface area (Å²) in [6.45, 7) is 0. The normalized spacial score (nSPS) is 10.1. The molecule has 3 aromatic rings. The molecule has 1 aromatic carbocycles. The molecule has 90 valence electrons. The number of rotatable bonds is 2. The fourth-order valence-corrected chi connectivity index (χ4v) is 2.57. The first-order chi connectivity index (χ1) is 9.36. The molecule has 19 heavy (non-hydrogen) atoms. The summed E-state index contributed by atoms with van der Waals surface area (Å²) < 4.78 is 0. The zero-order valence-corrected chi connectivity index (χ0v) is 10.8. The quantitative estimate of drug-likeness (QED) is 0.707. The summed E-state index contributed by atoms with van der Waals surface area (Å²) in [7, 11) is 0. The Balaban J connectivity index is 2.00. The van der Waals surface area contributed by atoms with E-state index in [1.165, 1.54) is 0 Å². The third-order valence-corrected chi connectivity index (χ3v) is 3.54. The van der Waals surface area contributed by atoms with Gasteiger partial charge in [0.05, 0.1) is 23.0 Å². The highest BCUT2D eigenvalue weighted by atomic mass is 32.1. The summed E-state index contributed by atoms with van der Waals surface area (Å²) in [5.74, 6) is 0. The van der Waals surface area contributed by atoms with E-state index in [0.29, 0.717) is 5.56 Å². The molecule has 3 nitrogen and oxygen atoms in total. The molecule has 0 saturated heterocycles. The molecule has 0 amide bonds. The fraction of sp³-hybridized carbons (Fsp3) is 0. The highest BCUT2D eigenvalue weighted by Gasteiger charge is 2.07. The summed E-state index contributed by atoms with van der Waals surface area (Å²) in [6, 6.07) is 15.4. The van der Waals surface area contributed by atoms with Crippen LogP contribution in [0.25, 0.3) is 22.0 Å². The summed E-state index contributed by atoms with van der Waals surface area (Å²) in [6.07, 6.45) is 1.76. The number of hydrogen-bond donors (Lipinski definition) is 0. The summed E-state index contributed by atoms with van der Waals surface area (Å²) in [5, 5.41) is 11.8. The monoisotopic (exact) mass is 263 g/mol. The standard InChI is InChI=1S/C15H9N3S/c16-9-11-4-3-5-12(8-11)14-10-19-15(18-14)13-6-1-2-7-17-13/h1-8,10H. The Kier molecular flexibility index (Phi) is 3.05. The van der Waals surface area contributed by atoms with Crippen molar-refractivity contribution in [2.75, 3.05) is 0 Å². The van der Waals surface area contributed by atoms with Crippen LogP contribution in [0.2, 0.25) is 0 Å². The second-order valence-electron chi connectivity index (χ2n) is 3.95. The van der Waals surface area contributed by atoms with Gasteiger partial charge in [-0.2, -0.15) is 5.26 Å². The Hall–Kier alpha value is -2.51. The van der Waals surface area contributed by atoms with Crippen LogP contribution in [-0.4, -0.2) is 9.97 Å². The Bertz CT molecular complexity index is 741. The van der Waals surface area contributed by atoms with E-state index < -0.39 is 0 Å². The number of nitriles is 1. The first-order valence-electron chi connectivity index (χ1n) is 5.74. The van der Waals surface area contributed by atoms with Gasteiger partial charge in [-0.25, -0.2) is 4.98 Å². The van der Waals surface area contributed by atoms with E-state index in [4.69, 9.17) is 5.26 Å². The van der Waals surface area contributed by atoms with Gasteiger partial charge < -0.3 is 0 Å². The van der Waals surface area contributed by atoms with E-state index in [1.54, 1.807) is 23.6 Å². The predicted molar refractivity (Wildman–Crippen MR) is 75.5 cm³/mol. The minimum Gasteiger partial charge on any atom is -0.254 e. The summed E-state index contributed by atoms with van der Waals surface area (Å²) >= 11 is 1.55. The van der Waals surface area contributed by atoms with Crippen LogP contribution in [0.1, 0.15) is 5.56 Å². The Morgan fingerprint density at radius 2 is 2.00 bits per heavy atom. The van der Waals surface area contributed by atoms with E-state index in [1.807, 2.05) is 41.8 Å². The average molecular weight is 263 g/mol. The van der Waals surface area contributed by atoms with Crippen molar-refractivity contribution in [1.29, 1.82) is 5.26 Å². The minimum absolute atomic E-state index is 0.643. The maximum atomic E-state index is 8.91. The first-order valence-corrected chi connectivity index (χ1v) is 6.62. The molecule has 0 fully saturated rings. The van der Waals surface area contributed by atoms with Crippen LogP contribution in [0.4, 0.5) is 0 Å². The molecule has 0 atom stereocenters. The van der Waals surface area contributed by atoms with E-state index in [0.717, 1.165) is 22.0 Å². The number of benzene rings is 1. The van der Waals surface area contributed by atoms with Crippen molar-refractivity contribution in [3.63, 3.8) is 0 Å². The third-order valence-electron chi connectivity index (χ3n) is 2.68. The lowest BCUT2D eigenvalue weighted by Gasteiger charge is -1.97. The first kappa shape index (κ1) is 11.6. The zero-order valence-electron chi connectivity index (χ0n) is 9.95. The molecule has 2 aromatic heterocycles. The number of hydrogen-bond acceptors (Lipinski definition) is 4. The number of aromatic nitrogens is 2. The van der Waals surface area contributed by atoms with Gasteiger partial charge in [-0.1, -0.05) is 18.2 Å². The van der Waals surface area contributed by atoms with Crippen molar-refractivity contribution >= 4 is 11.3 Å². The van der Waals surface area contributed by atoms with Gasteiger partial charge in [-0.05, 0) is 24.3 Å². The molecule has 2 heterocycles. The van der Waals surface area contributed by atoms with Crippen LogP contribution in [0.15, 0.2) is 54.0 Å². The highest BCUT2D eigenvalue weighted by molar-refractivity contribution is 7.13. The second kappa shape index (κ2) is 5.01. The second-order valence-corrected chi connectivity index (χ2v) is 4.80. The van der Waals surface area contributed by atoms with Crippen molar-refractivity contribution in [3.8, 4) is 28.0 Å². The number of thiazole rings is 1. The molecule has 0 aliphatic heterocycles. The van der Waals surface area contributed by atoms with Crippen LogP contribution in [-0.2, 0) is 0 Å². The minimum atomic E-state index is 0.643. The Labute approximate surface area is 114 Å². The van der Waals surface area contributed by atoms with Gasteiger partial charge in [0.15, 0.2) is 0 Å².